The van der Waals surface area contributed by atoms with Gasteiger partial charge in [-0.1, -0.05) is 13.8 Å². The lowest BCUT2D eigenvalue weighted by Crippen LogP contribution is -2.54. The van der Waals surface area contributed by atoms with Crippen LogP contribution in [0.15, 0.2) is 28.9 Å². The van der Waals surface area contributed by atoms with Gasteiger partial charge < -0.3 is 19.0 Å². The highest BCUT2D eigenvalue weighted by molar-refractivity contribution is 5.80. The Morgan fingerprint density at radius 1 is 1.36 bits per heavy atom. The fourth-order valence-electron chi connectivity index (χ4n) is 4.16. The van der Waals surface area contributed by atoms with Crippen LogP contribution in [0.25, 0.3) is 0 Å². The standard InChI is InChI=1S/C21H30N4O3/c1-15(2)12-23-19(26)18-14-25-11-8-22-20(25)21(28-18)6-9-24(10-7-21)13-17-5-4-16(3)27-17/h4-5,8,11,15,18H,6-7,9-10,12-14H2,1-3H3,(H,23,26)/t18-/m0/s1. The molecule has 7 nitrogen and oxygen atoms in total. The van der Waals surface area contributed by atoms with Crippen molar-refractivity contribution in [2.75, 3.05) is 19.6 Å². The zero-order valence-corrected chi connectivity index (χ0v) is 17.0. The maximum Gasteiger partial charge on any atom is 0.251 e. The van der Waals surface area contributed by atoms with Crippen molar-refractivity contribution >= 4 is 5.91 Å². The number of ether oxygens (including phenoxy) is 1. The van der Waals surface area contributed by atoms with Crippen molar-refractivity contribution in [3.05, 3.63) is 41.9 Å². The summed E-state index contributed by atoms with van der Waals surface area (Å²) in [7, 11) is 0. The first kappa shape index (κ1) is 19.2. The predicted octanol–water partition coefficient (Wildman–Crippen LogP) is 2.45. The van der Waals surface area contributed by atoms with Gasteiger partial charge in [0.2, 0.25) is 0 Å². The molecule has 152 valence electrons. The second-order valence-corrected chi connectivity index (χ2v) is 8.43. The number of hydrogen-bond acceptors (Lipinski definition) is 5. The molecule has 0 unspecified atom stereocenters. The molecule has 2 aliphatic rings. The first-order chi connectivity index (χ1) is 13.4. The van der Waals surface area contributed by atoms with Crippen molar-refractivity contribution in [3.8, 4) is 0 Å². The first-order valence-corrected chi connectivity index (χ1v) is 10.2. The SMILES string of the molecule is Cc1ccc(CN2CCC3(CC2)O[C@H](C(=O)NCC(C)C)Cn2ccnc23)o1. The molecule has 1 fully saturated rings. The number of rotatable bonds is 5. The van der Waals surface area contributed by atoms with Crippen LogP contribution < -0.4 is 5.32 Å². The maximum atomic E-state index is 12.7. The van der Waals surface area contributed by atoms with Crippen molar-refractivity contribution in [3.63, 3.8) is 0 Å². The normalized spacial score (nSPS) is 21.8. The summed E-state index contributed by atoms with van der Waals surface area (Å²) >= 11 is 0. The molecule has 2 aliphatic heterocycles. The highest BCUT2D eigenvalue weighted by Crippen LogP contribution is 2.40. The van der Waals surface area contributed by atoms with Gasteiger partial charge in [0, 0.05) is 32.0 Å². The number of aryl methyl sites for hydroxylation is 1. The summed E-state index contributed by atoms with van der Waals surface area (Å²) in [4.78, 5) is 19.6. The topological polar surface area (TPSA) is 72.5 Å². The van der Waals surface area contributed by atoms with Crippen LogP contribution in [0.4, 0.5) is 0 Å². The van der Waals surface area contributed by atoms with Crippen molar-refractivity contribution in [1.82, 2.24) is 19.8 Å². The summed E-state index contributed by atoms with van der Waals surface area (Å²) < 4.78 is 14.3. The molecule has 0 aliphatic carbocycles. The number of imidazole rings is 1. The molecular weight excluding hydrogens is 356 g/mol. The van der Waals surface area contributed by atoms with Gasteiger partial charge in [0.1, 0.15) is 22.9 Å². The zero-order chi connectivity index (χ0) is 19.7. The molecule has 1 spiro atoms. The zero-order valence-electron chi connectivity index (χ0n) is 17.0. The van der Waals surface area contributed by atoms with E-state index < -0.39 is 11.7 Å². The van der Waals surface area contributed by atoms with Crippen LogP contribution in [0, 0.1) is 12.8 Å². The molecule has 0 aromatic carbocycles. The van der Waals surface area contributed by atoms with Gasteiger partial charge in [-0.05, 0) is 37.8 Å². The second kappa shape index (κ2) is 7.72. The number of hydrogen-bond donors (Lipinski definition) is 1. The molecule has 1 saturated heterocycles. The third kappa shape index (κ3) is 3.86. The Morgan fingerprint density at radius 2 is 2.14 bits per heavy atom. The van der Waals surface area contributed by atoms with Gasteiger partial charge in [-0.3, -0.25) is 9.69 Å². The fraction of sp³-hybridized carbons (Fsp3) is 0.619. The molecule has 1 atom stereocenters. The number of nitrogens with one attached hydrogen (secondary N) is 1. The number of amides is 1. The summed E-state index contributed by atoms with van der Waals surface area (Å²) in [5.74, 6) is 3.27. The monoisotopic (exact) mass is 386 g/mol. The molecule has 1 N–H and O–H groups in total. The first-order valence-electron chi connectivity index (χ1n) is 10.2. The van der Waals surface area contributed by atoms with E-state index in [0.717, 1.165) is 49.8 Å². The van der Waals surface area contributed by atoms with Gasteiger partial charge in [0.05, 0.1) is 13.1 Å². The quantitative estimate of drug-likeness (QED) is 0.855. The molecule has 0 radical (unpaired) electrons. The van der Waals surface area contributed by atoms with E-state index >= 15 is 0 Å². The molecule has 2 aromatic heterocycles. The Hall–Kier alpha value is -2.12. The maximum absolute atomic E-state index is 12.7. The molecule has 4 rings (SSSR count). The van der Waals surface area contributed by atoms with Crippen LogP contribution in [0.5, 0.6) is 0 Å². The lowest BCUT2D eigenvalue weighted by atomic mass is 9.88. The van der Waals surface area contributed by atoms with Crippen LogP contribution in [0.1, 0.15) is 44.0 Å². The summed E-state index contributed by atoms with van der Waals surface area (Å²) in [5, 5.41) is 3.02. The van der Waals surface area contributed by atoms with E-state index in [1.807, 2.05) is 31.5 Å². The van der Waals surface area contributed by atoms with Crippen LogP contribution in [0.3, 0.4) is 0 Å². The minimum absolute atomic E-state index is 0.0269. The third-order valence-electron chi connectivity index (χ3n) is 5.67. The molecule has 7 heteroatoms. The molecule has 28 heavy (non-hydrogen) atoms. The van der Waals surface area contributed by atoms with E-state index in [2.05, 4.69) is 33.6 Å². The molecule has 0 saturated carbocycles. The Bertz CT molecular complexity index is 817. The second-order valence-electron chi connectivity index (χ2n) is 8.43. The van der Waals surface area contributed by atoms with Crippen molar-refractivity contribution in [2.24, 2.45) is 5.92 Å². The van der Waals surface area contributed by atoms with Gasteiger partial charge in [-0.25, -0.2) is 4.98 Å². The summed E-state index contributed by atoms with van der Waals surface area (Å²) in [6, 6.07) is 4.04. The largest absolute Gasteiger partial charge is 0.465 e. The average Bonchev–Trinajstić information content (AvgIpc) is 3.31. The minimum atomic E-state index is -0.489. The highest BCUT2D eigenvalue weighted by atomic mass is 16.5. The number of nitrogens with zero attached hydrogens (tertiary/aromatic N) is 3. The van der Waals surface area contributed by atoms with E-state index in [4.69, 9.17) is 9.15 Å². The Kier molecular flexibility index (Phi) is 5.29. The van der Waals surface area contributed by atoms with E-state index in [0.29, 0.717) is 19.0 Å². The summed E-state index contributed by atoms with van der Waals surface area (Å²) in [6.07, 6.45) is 4.93. The van der Waals surface area contributed by atoms with Crippen LogP contribution in [0.2, 0.25) is 0 Å². The Labute approximate surface area is 166 Å². The number of fused-ring (bicyclic) bond motifs is 2. The molecule has 2 aromatic rings. The number of carbonyl (C=O) groups is 1. The van der Waals surface area contributed by atoms with Crippen LogP contribution >= 0.6 is 0 Å². The van der Waals surface area contributed by atoms with Gasteiger partial charge in [0.15, 0.2) is 6.10 Å². The van der Waals surface area contributed by atoms with Gasteiger partial charge in [0.25, 0.3) is 5.91 Å². The van der Waals surface area contributed by atoms with Crippen molar-refractivity contribution in [2.45, 2.75) is 58.4 Å². The fourth-order valence-corrected chi connectivity index (χ4v) is 4.16. The van der Waals surface area contributed by atoms with Gasteiger partial charge in [-0.2, -0.15) is 0 Å². The summed E-state index contributed by atoms with van der Waals surface area (Å²) in [5.41, 5.74) is -0.489. The Balaban J connectivity index is 1.45. The van der Waals surface area contributed by atoms with E-state index in [-0.39, 0.29) is 5.91 Å². The lowest BCUT2D eigenvalue weighted by molar-refractivity contribution is -0.174. The minimum Gasteiger partial charge on any atom is -0.465 e. The highest BCUT2D eigenvalue weighted by Gasteiger charge is 2.47. The molecule has 1 amide bonds. The molecule has 0 bridgehead atoms. The van der Waals surface area contributed by atoms with Crippen molar-refractivity contribution in [1.29, 1.82) is 0 Å². The van der Waals surface area contributed by atoms with Gasteiger partial charge >= 0.3 is 0 Å². The predicted molar refractivity (Wildman–Crippen MR) is 105 cm³/mol. The van der Waals surface area contributed by atoms with E-state index in [9.17, 15) is 4.79 Å². The number of likely N-dealkylation sites (tertiary alicyclic amines) is 1. The molecular formula is C21H30N4O3. The number of piperidine rings is 1. The van der Waals surface area contributed by atoms with E-state index in [1.54, 1.807) is 0 Å². The summed E-state index contributed by atoms with van der Waals surface area (Å²) in [6.45, 7) is 9.90. The number of furan rings is 1. The average molecular weight is 386 g/mol. The Morgan fingerprint density at radius 3 is 2.82 bits per heavy atom. The smallest absolute Gasteiger partial charge is 0.251 e. The van der Waals surface area contributed by atoms with Crippen LogP contribution in [-0.4, -0.2) is 46.1 Å². The lowest BCUT2D eigenvalue weighted by Gasteiger charge is -2.45. The van der Waals surface area contributed by atoms with Gasteiger partial charge in [-0.15, -0.1) is 0 Å². The third-order valence-corrected chi connectivity index (χ3v) is 5.67. The number of carbonyl (C=O) groups excluding carboxylic acids is 1. The molecule has 4 heterocycles. The van der Waals surface area contributed by atoms with Crippen molar-refractivity contribution < 1.29 is 13.9 Å². The van der Waals surface area contributed by atoms with E-state index in [1.165, 1.54) is 0 Å². The van der Waals surface area contributed by atoms with Crippen LogP contribution in [-0.2, 0) is 28.2 Å². The number of aromatic nitrogens is 2.